The Labute approximate surface area is 161 Å². The first-order valence-corrected chi connectivity index (χ1v) is 10.2. The highest BCUT2D eigenvalue weighted by atomic mass is 32.2. The largest absolute Gasteiger partial charge is 0.393 e. The molecule has 3 N–H and O–H groups in total. The van der Waals surface area contributed by atoms with Crippen LogP contribution in [0.1, 0.15) is 31.5 Å². The zero-order valence-electron chi connectivity index (χ0n) is 14.9. The van der Waals surface area contributed by atoms with Crippen LogP contribution in [0.15, 0.2) is 47.5 Å². The molecule has 0 spiro atoms. The molecule has 2 heterocycles. The molecule has 140 valence electrons. The maximum atomic E-state index is 12.4. The van der Waals surface area contributed by atoms with E-state index in [1.807, 2.05) is 36.0 Å². The van der Waals surface area contributed by atoms with Gasteiger partial charge in [-0.05, 0) is 56.0 Å². The van der Waals surface area contributed by atoms with Crippen molar-refractivity contribution in [3.63, 3.8) is 0 Å². The Hall–Kier alpha value is -2.38. The van der Waals surface area contributed by atoms with Gasteiger partial charge in [0.15, 0.2) is 0 Å². The Bertz CT molecular complexity index is 969. The summed E-state index contributed by atoms with van der Waals surface area (Å²) in [5.41, 5.74) is 2.33. The van der Waals surface area contributed by atoms with Crippen LogP contribution in [0.25, 0.3) is 10.9 Å². The molecule has 0 saturated heterocycles. The number of hydrogen-bond acceptors (Lipinski definition) is 6. The maximum Gasteiger partial charge on any atom is 0.258 e. The van der Waals surface area contributed by atoms with Crippen molar-refractivity contribution < 1.29 is 5.11 Å². The number of nitrogens with zero attached hydrogens (tertiary/aromatic N) is 2. The molecule has 0 atom stereocenters. The number of anilines is 2. The predicted octanol–water partition coefficient (Wildman–Crippen LogP) is 3.60. The third kappa shape index (κ3) is 4.48. The molecule has 1 aliphatic rings. The molecule has 6 nitrogen and oxygen atoms in total. The molecule has 7 heteroatoms. The number of fused-ring (bicyclic) bond motifs is 1. The zero-order chi connectivity index (χ0) is 18.6. The van der Waals surface area contributed by atoms with Crippen molar-refractivity contribution in [1.29, 1.82) is 0 Å². The second-order valence-corrected chi connectivity index (χ2v) is 8.14. The van der Waals surface area contributed by atoms with Crippen LogP contribution in [0.5, 0.6) is 0 Å². The van der Waals surface area contributed by atoms with E-state index >= 15 is 0 Å². The minimum absolute atomic E-state index is 0.109. The van der Waals surface area contributed by atoms with E-state index in [1.165, 1.54) is 0 Å². The number of benzene rings is 1. The van der Waals surface area contributed by atoms with Gasteiger partial charge in [0, 0.05) is 17.1 Å². The van der Waals surface area contributed by atoms with E-state index in [0.29, 0.717) is 27.7 Å². The first-order chi connectivity index (χ1) is 13.2. The normalized spacial score (nSPS) is 19.9. The number of aliphatic hydroxyl groups excluding tert-OH is 1. The standard InChI is InChI=1S/C20H22N4O2S/c25-15-4-6-16(7-5-15)27-12-19-23-18-10-13(3-8-17(18)20(26)24-19)22-14-2-1-9-21-11-14/h1-3,8-11,15-16,22,25H,4-7,12H2,(H,23,24,26)/t15-,16-. The van der Waals surface area contributed by atoms with Crippen molar-refractivity contribution in [2.45, 2.75) is 42.8 Å². The molecule has 1 aromatic carbocycles. The van der Waals surface area contributed by atoms with Gasteiger partial charge in [-0.1, -0.05) is 0 Å². The molecular formula is C20H22N4O2S. The summed E-state index contributed by atoms with van der Waals surface area (Å²) in [5.74, 6) is 1.37. The molecule has 0 aliphatic heterocycles. The quantitative estimate of drug-likeness (QED) is 0.625. The second-order valence-electron chi connectivity index (χ2n) is 6.85. The van der Waals surface area contributed by atoms with Gasteiger partial charge in [0.1, 0.15) is 5.82 Å². The minimum atomic E-state index is -0.147. The van der Waals surface area contributed by atoms with Crippen LogP contribution >= 0.6 is 11.8 Å². The van der Waals surface area contributed by atoms with E-state index in [1.54, 1.807) is 18.5 Å². The van der Waals surface area contributed by atoms with E-state index in [-0.39, 0.29) is 11.7 Å². The van der Waals surface area contributed by atoms with Crippen LogP contribution in [0, 0.1) is 0 Å². The smallest absolute Gasteiger partial charge is 0.258 e. The molecule has 0 amide bonds. The average Bonchev–Trinajstić information content (AvgIpc) is 2.68. The fraction of sp³-hybridized carbons (Fsp3) is 0.350. The Kier molecular flexibility index (Phi) is 5.40. The highest BCUT2D eigenvalue weighted by Crippen LogP contribution is 2.30. The Morgan fingerprint density at radius 2 is 2.04 bits per heavy atom. The molecule has 3 aromatic rings. The maximum absolute atomic E-state index is 12.4. The topological polar surface area (TPSA) is 90.9 Å². The summed E-state index contributed by atoms with van der Waals surface area (Å²) in [6, 6.07) is 9.35. The fourth-order valence-electron chi connectivity index (χ4n) is 3.35. The number of nitrogens with one attached hydrogen (secondary N) is 2. The van der Waals surface area contributed by atoms with Crippen LogP contribution in [-0.4, -0.2) is 31.4 Å². The minimum Gasteiger partial charge on any atom is -0.393 e. The van der Waals surface area contributed by atoms with Crippen molar-refractivity contribution in [3.05, 3.63) is 58.9 Å². The monoisotopic (exact) mass is 382 g/mol. The third-order valence-electron chi connectivity index (χ3n) is 4.81. The van der Waals surface area contributed by atoms with Crippen molar-refractivity contribution in [2.24, 2.45) is 0 Å². The fourth-order valence-corrected chi connectivity index (χ4v) is 4.48. The number of H-pyrrole nitrogens is 1. The van der Waals surface area contributed by atoms with Gasteiger partial charge in [0.2, 0.25) is 0 Å². The lowest BCUT2D eigenvalue weighted by molar-refractivity contribution is 0.132. The first kappa shape index (κ1) is 18.0. The van der Waals surface area contributed by atoms with Crippen LogP contribution in [0.4, 0.5) is 11.4 Å². The second kappa shape index (κ2) is 8.10. The number of hydrogen-bond donors (Lipinski definition) is 3. The molecule has 0 radical (unpaired) electrons. The molecule has 27 heavy (non-hydrogen) atoms. The van der Waals surface area contributed by atoms with Gasteiger partial charge >= 0.3 is 0 Å². The molecule has 0 bridgehead atoms. The number of rotatable bonds is 5. The predicted molar refractivity (Wildman–Crippen MR) is 109 cm³/mol. The number of pyridine rings is 1. The van der Waals surface area contributed by atoms with Gasteiger partial charge in [-0.25, -0.2) is 4.98 Å². The summed E-state index contributed by atoms with van der Waals surface area (Å²) in [4.78, 5) is 24.0. The summed E-state index contributed by atoms with van der Waals surface area (Å²) in [5, 5.41) is 14.0. The number of aromatic amines is 1. The number of aromatic nitrogens is 3. The van der Waals surface area contributed by atoms with Gasteiger partial charge in [-0.15, -0.1) is 0 Å². The molecule has 4 rings (SSSR count). The third-order valence-corrected chi connectivity index (χ3v) is 6.19. The van der Waals surface area contributed by atoms with Crippen LogP contribution in [0.3, 0.4) is 0 Å². The lowest BCUT2D eigenvalue weighted by Gasteiger charge is -2.24. The van der Waals surface area contributed by atoms with E-state index in [0.717, 1.165) is 37.1 Å². The van der Waals surface area contributed by atoms with E-state index < -0.39 is 0 Å². The summed E-state index contributed by atoms with van der Waals surface area (Å²) >= 11 is 1.81. The Morgan fingerprint density at radius 3 is 2.81 bits per heavy atom. The van der Waals surface area contributed by atoms with Crippen molar-refractivity contribution in [2.75, 3.05) is 5.32 Å². The zero-order valence-corrected chi connectivity index (χ0v) is 15.7. The van der Waals surface area contributed by atoms with E-state index in [2.05, 4.69) is 20.3 Å². The summed E-state index contributed by atoms with van der Waals surface area (Å²) in [6.45, 7) is 0. The summed E-state index contributed by atoms with van der Waals surface area (Å²) in [7, 11) is 0. The molecule has 2 aromatic heterocycles. The van der Waals surface area contributed by atoms with Gasteiger partial charge in [0.25, 0.3) is 5.56 Å². The van der Waals surface area contributed by atoms with Crippen LogP contribution in [-0.2, 0) is 5.75 Å². The summed E-state index contributed by atoms with van der Waals surface area (Å²) in [6.07, 6.45) is 7.09. The van der Waals surface area contributed by atoms with Crippen molar-refractivity contribution in [1.82, 2.24) is 15.0 Å². The molecular weight excluding hydrogens is 360 g/mol. The summed E-state index contributed by atoms with van der Waals surface area (Å²) < 4.78 is 0. The van der Waals surface area contributed by atoms with Crippen LogP contribution in [0.2, 0.25) is 0 Å². The van der Waals surface area contributed by atoms with Gasteiger partial charge in [-0.2, -0.15) is 11.8 Å². The Balaban J connectivity index is 1.51. The first-order valence-electron chi connectivity index (χ1n) is 9.17. The average molecular weight is 382 g/mol. The van der Waals surface area contributed by atoms with Crippen molar-refractivity contribution >= 4 is 34.0 Å². The van der Waals surface area contributed by atoms with Gasteiger partial charge in [-0.3, -0.25) is 9.78 Å². The molecule has 1 fully saturated rings. The SMILES string of the molecule is O=c1[nH]c(CS[C@H]2CC[C@H](O)CC2)nc2cc(Nc3cccnc3)ccc12. The molecule has 0 unspecified atom stereocenters. The van der Waals surface area contributed by atoms with Gasteiger partial charge in [0.05, 0.1) is 34.6 Å². The lowest BCUT2D eigenvalue weighted by atomic mass is 9.97. The molecule has 1 saturated carbocycles. The van der Waals surface area contributed by atoms with Gasteiger partial charge < -0.3 is 15.4 Å². The highest BCUT2D eigenvalue weighted by Gasteiger charge is 2.20. The van der Waals surface area contributed by atoms with Crippen LogP contribution < -0.4 is 10.9 Å². The molecule has 1 aliphatic carbocycles. The van der Waals surface area contributed by atoms with E-state index in [9.17, 15) is 9.90 Å². The highest BCUT2D eigenvalue weighted by molar-refractivity contribution is 7.99. The Morgan fingerprint density at radius 1 is 1.19 bits per heavy atom. The van der Waals surface area contributed by atoms with Crippen molar-refractivity contribution in [3.8, 4) is 0 Å². The van der Waals surface area contributed by atoms with E-state index in [4.69, 9.17) is 0 Å². The number of thioether (sulfide) groups is 1. The lowest BCUT2D eigenvalue weighted by Crippen LogP contribution is -2.20. The number of aliphatic hydroxyl groups is 1.